The van der Waals surface area contributed by atoms with Crippen LogP contribution in [0.1, 0.15) is 41.3 Å². The summed E-state index contributed by atoms with van der Waals surface area (Å²) in [6.45, 7) is 5.74. The number of ether oxygens (including phenoxy) is 1. The lowest BCUT2D eigenvalue weighted by Crippen LogP contribution is -2.30. The first-order valence-electron chi connectivity index (χ1n) is 12.8. The van der Waals surface area contributed by atoms with Gasteiger partial charge in [0.05, 0.1) is 31.4 Å². The van der Waals surface area contributed by atoms with E-state index in [2.05, 4.69) is 20.9 Å². The van der Waals surface area contributed by atoms with Gasteiger partial charge in [0.15, 0.2) is 11.3 Å². The highest BCUT2D eigenvalue weighted by Crippen LogP contribution is 2.48. The van der Waals surface area contributed by atoms with Gasteiger partial charge in [-0.15, -0.1) is 0 Å². The molecule has 1 N–H and O–H groups in total. The Labute approximate surface area is 247 Å². The summed E-state index contributed by atoms with van der Waals surface area (Å²) in [5.74, 6) is 0.0766. The Balaban J connectivity index is 1.75. The van der Waals surface area contributed by atoms with Crippen molar-refractivity contribution in [1.82, 2.24) is 14.5 Å². The van der Waals surface area contributed by atoms with E-state index < -0.39 is 21.5 Å². The van der Waals surface area contributed by atoms with Crippen LogP contribution in [-0.2, 0) is 27.7 Å². The molecule has 1 aromatic carbocycles. The van der Waals surface area contributed by atoms with Crippen molar-refractivity contribution in [2.75, 3.05) is 11.3 Å². The third-order valence-corrected chi connectivity index (χ3v) is 8.63. The van der Waals surface area contributed by atoms with Gasteiger partial charge in [-0.2, -0.15) is 21.6 Å². The minimum atomic E-state index is -5.70. The summed E-state index contributed by atoms with van der Waals surface area (Å²) >= 11 is 3.58. The fraction of sp³-hybridized carbons (Fsp3) is 0.250. The third kappa shape index (κ3) is 5.13. The van der Waals surface area contributed by atoms with Crippen LogP contribution in [0.5, 0.6) is 0 Å². The van der Waals surface area contributed by atoms with Crippen LogP contribution < -0.4 is 4.72 Å². The van der Waals surface area contributed by atoms with Gasteiger partial charge in [0.2, 0.25) is 0 Å². The van der Waals surface area contributed by atoms with Gasteiger partial charge < -0.3 is 13.7 Å². The number of para-hydroxylation sites is 1. The lowest BCUT2D eigenvalue weighted by atomic mass is 10.0. The molecule has 14 heteroatoms. The van der Waals surface area contributed by atoms with Crippen molar-refractivity contribution in [2.24, 2.45) is 0 Å². The quantitative estimate of drug-likeness (QED) is 0.179. The van der Waals surface area contributed by atoms with Gasteiger partial charge in [0.1, 0.15) is 11.3 Å². The molecule has 0 saturated heterocycles. The second-order valence-electron chi connectivity index (χ2n) is 9.33. The SMILES string of the molecule is CCOC(=O)c1cc(C)c2nc(CC)n(Cc3c4ccocc-4c(Br)c3-c3ccccc3NS(=O)(=O)C(F)(F)F)c2n1. The van der Waals surface area contributed by atoms with Crippen LogP contribution in [0.2, 0.25) is 0 Å². The third-order valence-electron chi connectivity index (χ3n) is 6.71. The zero-order valence-electron chi connectivity index (χ0n) is 22.5. The molecule has 0 unspecified atom stereocenters. The van der Waals surface area contributed by atoms with E-state index in [0.29, 0.717) is 50.1 Å². The lowest BCUT2D eigenvalue weighted by Gasteiger charge is -2.16. The van der Waals surface area contributed by atoms with Crippen molar-refractivity contribution in [3.63, 3.8) is 0 Å². The number of nitrogens with zero attached hydrogens (tertiary/aromatic N) is 3. The molecule has 3 aromatic rings. The van der Waals surface area contributed by atoms with Gasteiger partial charge in [-0.1, -0.05) is 25.1 Å². The van der Waals surface area contributed by atoms with Crippen LogP contribution in [0.25, 0.3) is 33.4 Å². The Morgan fingerprint density at radius 2 is 1.86 bits per heavy atom. The lowest BCUT2D eigenvalue weighted by molar-refractivity contribution is -0.0429. The van der Waals surface area contributed by atoms with E-state index in [4.69, 9.17) is 14.1 Å². The molecular formula is C28H24BrF3N4O5S. The van der Waals surface area contributed by atoms with E-state index in [1.807, 2.05) is 18.4 Å². The summed E-state index contributed by atoms with van der Waals surface area (Å²) in [6, 6.07) is 9.15. The number of aryl methyl sites for hydroxylation is 2. The minimum Gasteiger partial charge on any atom is -0.472 e. The van der Waals surface area contributed by atoms with E-state index in [1.165, 1.54) is 30.7 Å². The summed E-state index contributed by atoms with van der Waals surface area (Å²) in [5.41, 5.74) is -1.29. The first-order valence-corrected chi connectivity index (χ1v) is 15.0. The number of hydrogen-bond acceptors (Lipinski definition) is 7. The molecule has 2 aromatic heterocycles. The van der Waals surface area contributed by atoms with Crippen LogP contribution in [0.3, 0.4) is 0 Å². The number of halogens is 4. The van der Waals surface area contributed by atoms with E-state index in [1.54, 1.807) is 29.8 Å². The van der Waals surface area contributed by atoms with E-state index in [-0.39, 0.29) is 30.1 Å². The molecule has 0 spiro atoms. The van der Waals surface area contributed by atoms with Crippen molar-refractivity contribution in [1.29, 1.82) is 0 Å². The highest BCUT2D eigenvalue weighted by atomic mass is 79.9. The number of pyridine rings is 1. The van der Waals surface area contributed by atoms with Gasteiger partial charge in [0, 0.05) is 27.6 Å². The van der Waals surface area contributed by atoms with Crippen LogP contribution in [0.15, 0.2) is 57.8 Å². The summed E-state index contributed by atoms with van der Waals surface area (Å²) in [5, 5.41) is 0. The fourth-order valence-electron chi connectivity index (χ4n) is 4.83. The van der Waals surface area contributed by atoms with E-state index in [9.17, 15) is 26.4 Å². The normalized spacial score (nSPS) is 12.3. The molecule has 5 rings (SSSR count). The Hall–Kier alpha value is -3.91. The Morgan fingerprint density at radius 1 is 1.12 bits per heavy atom. The number of carbonyl (C=O) groups is 1. The smallest absolute Gasteiger partial charge is 0.472 e. The summed E-state index contributed by atoms with van der Waals surface area (Å²) in [7, 11) is -5.70. The van der Waals surface area contributed by atoms with Crippen molar-refractivity contribution in [3.8, 4) is 22.3 Å². The van der Waals surface area contributed by atoms with Crippen LogP contribution >= 0.6 is 15.9 Å². The van der Waals surface area contributed by atoms with Crippen LogP contribution in [0.4, 0.5) is 18.9 Å². The molecule has 1 aliphatic heterocycles. The minimum absolute atomic E-state index is 0.116. The van der Waals surface area contributed by atoms with Gasteiger partial charge >= 0.3 is 21.5 Å². The van der Waals surface area contributed by atoms with Crippen LogP contribution in [-0.4, -0.2) is 41.0 Å². The number of rotatable bonds is 8. The molecule has 0 amide bonds. The first kappa shape index (κ1) is 29.6. The summed E-state index contributed by atoms with van der Waals surface area (Å²) in [6.07, 6.45) is 3.47. The van der Waals surface area contributed by atoms with Crippen LogP contribution in [0, 0.1) is 6.92 Å². The number of nitrogens with one attached hydrogen (secondary N) is 1. The number of hydrogen-bond donors (Lipinski definition) is 1. The molecule has 220 valence electrons. The second-order valence-corrected chi connectivity index (χ2v) is 11.8. The largest absolute Gasteiger partial charge is 0.516 e. The maximum Gasteiger partial charge on any atom is 0.516 e. The zero-order valence-corrected chi connectivity index (χ0v) is 24.9. The maximum atomic E-state index is 13.3. The highest BCUT2D eigenvalue weighted by Gasteiger charge is 2.46. The number of aromatic nitrogens is 3. The molecule has 0 radical (unpaired) electrons. The highest BCUT2D eigenvalue weighted by molar-refractivity contribution is 9.10. The molecule has 0 atom stereocenters. The molecule has 1 aliphatic carbocycles. The van der Waals surface area contributed by atoms with Gasteiger partial charge in [-0.3, -0.25) is 4.72 Å². The van der Waals surface area contributed by atoms with Crippen molar-refractivity contribution >= 4 is 48.8 Å². The number of alkyl halides is 3. The number of benzene rings is 1. The molecule has 0 fully saturated rings. The maximum absolute atomic E-state index is 13.3. The number of carbonyl (C=O) groups excluding carboxylic acids is 1. The monoisotopic (exact) mass is 664 g/mol. The molecule has 0 saturated carbocycles. The zero-order chi connectivity index (χ0) is 30.4. The number of anilines is 1. The average Bonchev–Trinajstić information content (AvgIpc) is 3.43. The van der Waals surface area contributed by atoms with Gasteiger partial charge in [-0.25, -0.2) is 14.8 Å². The van der Waals surface area contributed by atoms with Crippen molar-refractivity contribution in [2.45, 2.75) is 39.2 Å². The van der Waals surface area contributed by atoms with Crippen molar-refractivity contribution < 1.29 is 35.5 Å². The van der Waals surface area contributed by atoms with E-state index in [0.717, 1.165) is 5.56 Å². The number of esters is 1. The van der Waals surface area contributed by atoms with Crippen molar-refractivity contribution in [3.05, 3.63) is 76.0 Å². The average molecular weight is 665 g/mol. The molecule has 0 bridgehead atoms. The Kier molecular flexibility index (Phi) is 7.79. The summed E-state index contributed by atoms with van der Waals surface area (Å²) < 4.78 is 78.7. The standard InChI is InChI=1S/C28H24BrF3N4O5S/c1-4-22-34-25-15(3)12-21(27(37)41-5-2)33-26(25)36(22)13-18-16-10-11-40-14-19(16)24(29)23(18)17-8-6-7-9-20(17)35-42(38,39)28(30,31)32/h6-12,14,35H,4-5,13H2,1-3H3. The number of imidazole rings is 1. The molecule has 2 aliphatic rings. The predicted octanol–water partition coefficient (Wildman–Crippen LogP) is 6.92. The molecular weight excluding hydrogens is 641 g/mol. The van der Waals surface area contributed by atoms with E-state index >= 15 is 0 Å². The Morgan fingerprint density at radius 3 is 2.55 bits per heavy atom. The van der Waals surface area contributed by atoms with Gasteiger partial charge in [-0.05, 0) is 64.7 Å². The van der Waals surface area contributed by atoms with Gasteiger partial charge in [0.25, 0.3) is 0 Å². The summed E-state index contributed by atoms with van der Waals surface area (Å²) in [4.78, 5) is 21.9. The second kappa shape index (κ2) is 11.1. The predicted molar refractivity (Wildman–Crippen MR) is 154 cm³/mol. The molecule has 42 heavy (non-hydrogen) atoms. The topological polar surface area (TPSA) is 116 Å². The number of sulfonamides is 1. The first-order chi connectivity index (χ1) is 19.9. The Bertz CT molecular complexity index is 1900. The fourth-order valence-corrected chi connectivity index (χ4v) is 6.17. The molecule has 3 heterocycles. The number of fused-ring (bicyclic) bond motifs is 2. The molecule has 9 nitrogen and oxygen atoms in total.